The average Bonchev–Trinajstić information content (AvgIpc) is 2.08. The Morgan fingerprint density at radius 2 is 2.23 bits per heavy atom. The summed E-state index contributed by atoms with van der Waals surface area (Å²) in [5.74, 6) is -0.384. The summed E-state index contributed by atoms with van der Waals surface area (Å²) in [5, 5.41) is 0. The molecule has 2 N–H and O–H groups in total. The summed E-state index contributed by atoms with van der Waals surface area (Å²) in [4.78, 5) is 11.0. The van der Waals surface area contributed by atoms with Gasteiger partial charge in [0.05, 0.1) is 5.56 Å². The van der Waals surface area contributed by atoms with Crippen molar-refractivity contribution in [2.45, 2.75) is 19.8 Å². The summed E-state index contributed by atoms with van der Waals surface area (Å²) in [6, 6.07) is 5.71. The van der Waals surface area contributed by atoms with Gasteiger partial charge in [-0.3, -0.25) is 4.79 Å². The highest BCUT2D eigenvalue weighted by Crippen LogP contribution is 2.18. The molecular weight excluding hydrogens is 230 g/mol. The molecule has 0 radical (unpaired) electrons. The van der Waals surface area contributed by atoms with Gasteiger partial charge in [0.1, 0.15) is 0 Å². The van der Waals surface area contributed by atoms with Crippen molar-refractivity contribution in [1.29, 1.82) is 0 Å². The molecule has 1 amide bonds. The highest BCUT2D eigenvalue weighted by atomic mass is 79.9. The van der Waals surface area contributed by atoms with Crippen LogP contribution in [0.2, 0.25) is 0 Å². The van der Waals surface area contributed by atoms with Gasteiger partial charge in [-0.25, -0.2) is 0 Å². The molecule has 0 aliphatic carbocycles. The molecule has 1 aromatic rings. The number of rotatable bonds is 3. The van der Waals surface area contributed by atoms with E-state index >= 15 is 0 Å². The van der Waals surface area contributed by atoms with Crippen LogP contribution in [0, 0.1) is 0 Å². The molecule has 13 heavy (non-hydrogen) atoms. The number of primary amides is 1. The molecule has 0 heterocycles. The molecular formula is C10H12BrNO. The van der Waals surface area contributed by atoms with Crippen molar-refractivity contribution < 1.29 is 4.79 Å². The highest BCUT2D eigenvalue weighted by Gasteiger charge is 2.06. The van der Waals surface area contributed by atoms with E-state index in [-0.39, 0.29) is 5.91 Å². The van der Waals surface area contributed by atoms with E-state index in [1.54, 1.807) is 0 Å². The van der Waals surface area contributed by atoms with E-state index in [4.69, 9.17) is 5.73 Å². The Kier molecular flexibility index (Phi) is 3.48. The van der Waals surface area contributed by atoms with E-state index in [0.717, 1.165) is 22.9 Å². The van der Waals surface area contributed by atoms with Crippen molar-refractivity contribution in [2.75, 3.05) is 0 Å². The van der Waals surface area contributed by atoms with Gasteiger partial charge in [-0.15, -0.1) is 0 Å². The van der Waals surface area contributed by atoms with Crippen molar-refractivity contribution in [3.8, 4) is 0 Å². The van der Waals surface area contributed by atoms with E-state index < -0.39 is 0 Å². The number of hydrogen-bond acceptors (Lipinski definition) is 1. The summed E-state index contributed by atoms with van der Waals surface area (Å²) in [5.41, 5.74) is 6.92. The first-order valence-electron chi connectivity index (χ1n) is 4.23. The minimum atomic E-state index is -0.384. The Labute approximate surface area is 86.3 Å². The van der Waals surface area contributed by atoms with Crippen LogP contribution in [0.15, 0.2) is 22.7 Å². The lowest BCUT2D eigenvalue weighted by atomic mass is 10.1. The topological polar surface area (TPSA) is 43.1 Å². The first-order valence-corrected chi connectivity index (χ1v) is 5.02. The lowest BCUT2D eigenvalue weighted by molar-refractivity contribution is 0.0999. The van der Waals surface area contributed by atoms with Crippen LogP contribution < -0.4 is 5.73 Å². The Hall–Kier alpha value is -0.830. The molecule has 0 bridgehead atoms. The number of amides is 1. The monoisotopic (exact) mass is 241 g/mol. The number of halogens is 1. The van der Waals surface area contributed by atoms with Crippen molar-refractivity contribution in [3.63, 3.8) is 0 Å². The molecule has 0 saturated carbocycles. The lowest BCUT2D eigenvalue weighted by Crippen LogP contribution is -2.12. The van der Waals surface area contributed by atoms with Gasteiger partial charge in [-0.1, -0.05) is 19.4 Å². The van der Waals surface area contributed by atoms with Crippen LogP contribution >= 0.6 is 15.9 Å². The summed E-state index contributed by atoms with van der Waals surface area (Å²) < 4.78 is 0.764. The zero-order valence-electron chi connectivity index (χ0n) is 7.51. The number of aryl methyl sites for hydroxylation is 1. The fourth-order valence-electron chi connectivity index (χ4n) is 1.21. The Morgan fingerprint density at radius 3 is 2.77 bits per heavy atom. The van der Waals surface area contributed by atoms with E-state index in [9.17, 15) is 4.79 Å². The van der Waals surface area contributed by atoms with Gasteiger partial charge in [0.25, 0.3) is 0 Å². The SMILES string of the molecule is CCCc1ccc(Br)c(C(N)=O)c1. The van der Waals surface area contributed by atoms with Crippen LogP contribution in [-0.4, -0.2) is 5.91 Å². The Balaban J connectivity index is 3.04. The van der Waals surface area contributed by atoms with Gasteiger partial charge in [0.15, 0.2) is 0 Å². The molecule has 0 saturated heterocycles. The predicted octanol–water partition coefficient (Wildman–Crippen LogP) is 2.50. The number of hydrogen-bond donors (Lipinski definition) is 1. The standard InChI is InChI=1S/C10H12BrNO/c1-2-3-7-4-5-9(11)8(6-7)10(12)13/h4-6H,2-3H2,1H3,(H2,12,13). The second-order valence-electron chi connectivity index (χ2n) is 2.93. The van der Waals surface area contributed by atoms with Gasteiger partial charge < -0.3 is 5.73 Å². The second-order valence-corrected chi connectivity index (χ2v) is 3.78. The van der Waals surface area contributed by atoms with Crippen LogP contribution in [0.3, 0.4) is 0 Å². The van der Waals surface area contributed by atoms with Gasteiger partial charge in [-0.05, 0) is 40.0 Å². The van der Waals surface area contributed by atoms with Crippen LogP contribution in [-0.2, 0) is 6.42 Å². The molecule has 0 aromatic heterocycles. The van der Waals surface area contributed by atoms with Gasteiger partial charge in [0, 0.05) is 4.47 Å². The third-order valence-electron chi connectivity index (χ3n) is 1.83. The molecule has 3 heteroatoms. The van der Waals surface area contributed by atoms with Crippen molar-refractivity contribution in [2.24, 2.45) is 5.73 Å². The molecule has 1 rings (SSSR count). The fraction of sp³-hybridized carbons (Fsp3) is 0.300. The summed E-state index contributed by atoms with van der Waals surface area (Å²) in [6.07, 6.45) is 2.05. The van der Waals surface area contributed by atoms with E-state index in [0.29, 0.717) is 5.56 Å². The maximum atomic E-state index is 11.0. The van der Waals surface area contributed by atoms with E-state index in [1.165, 1.54) is 0 Å². The third-order valence-corrected chi connectivity index (χ3v) is 2.53. The maximum Gasteiger partial charge on any atom is 0.249 e. The molecule has 0 fully saturated rings. The van der Waals surface area contributed by atoms with Crippen molar-refractivity contribution >= 4 is 21.8 Å². The quantitative estimate of drug-likeness (QED) is 0.869. The van der Waals surface area contributed by atoms with Crippen LogP contribution in [0.1, 0.15) is 29.3 Å². The summed E-state index contributed by atoms with van der Waals surface area (Å²) in [7, 11) is 0. The van der Waals surface area contributed by atoms with E-state index in [1.807, 2.05) is 18.2 Å². The van der Waals surface area contributed by atoms with Gasteiger partial charge in [-0.2, -0.15) is 0 Å². The Morgan fingerprint density at radius 1 is 1.54 bits per heavy atom. The average molecular weight is 242 g/mol. The predicted molar refractivity (Wildman–Crippen MR) is 56.7 cm³/mol. The summed E-state index contributed by atoms with van der Waals surface area (Å²) in [6.45, 7) is 2.10. The van der Waals surface area contributed by atoms with E-state index in [2.05, 4.69) is 22.9 Å². The number of carbonyl (C=O) groups is 1. The van der Waals surface area contributed by atoms with Crippen LogP contribution in [0.4, 0.5) is 0 Å². The maximum absolute atomic E-state index is 11.0. The van der Waals surface area contributed by atoms with Crippen molar-refractivity contribution in [3.05, 3.63) is 33.8 Å². The first-order chi connectivity index (χ1) is 6.15. The Bertz CT molecular complexity index is 323. The van der Waals surface area contributed by atoms with Crippen LogP contribution in [0.5, 0.6) is 0 Å². The molecule has 0 atom stereocenters. The minimum Gasteiger partial charge on any atom is -0.366 e. The number of nitrogens with two attached hydrogens (primary N) is 1. The zero-order chi connectivity index (χ0) is 9.84. The largest absolute Gasteiger partial charge is 0.366 e. The lowest BCUT2D eigenvalue weighted by Gasteiger charge is -2.03. The zero-order valence-corrected chi connectivity index (χ0v) is 9.10. The molecule has 0 unspecified atom stereocenters. The molecule has 70 valence electrons. The first kappa shape index (κ1) is 10.3. The highest BCUT2D eigenvalue weighted by molar-refractivity contribution is 9.10. The normalized spacial score (nSPS) is 10.0. The smallest absolute Gasteiger partial charge is 0.249 e. The molecule has 2 nitrogen and oxygen atoms in total. The van der Waals surface area contributed by atoms with Crippen LogP contribution in [0.25, 0.3) is 0 Å². The fourth-order valence-corrected chi connectivity index (χ4v) is 1.65. The molecule has 1 aromatic carbocycles. The molecule has 0 aliphatic heterocycles. The van der Waals surface area contributed by atoms with Gasteiger partial charge >= 0.3 is 0 Å². The van der Waals surface area contributed by atoms with Crippen molar-refractivity contribution in [1.82, 2.24) is 0 Å². The summed E-state index contributed by atoms with van der Waals surface area (Å²) >= 11 is 3.28. The number of benzene rings is 1. The minimum absolute atomic E-state index is 0.384. The van der Waals surface area contributed by atoms with Gasteiger partial charge in [0.2, 0.25) is 5.91 Å². The third kappa shape index (κ3) is 2.56. The second kappa shape index (κ2) is 4.42. The number of carbonyl (C=O) groups excluding carboxylic acids is 1. The molecule has 0 spiro atoms. The molecule has 0 aliphatic rings.